The molecule has 2 N–H and O–H groups in total. The number of aliphatic carboxylic acids is 1. The monoisotopic (exact) mass is 302 g/mol. The minimum Gasteiger partial charge on any atom is -0.480 e. The number of aryl methyl sites for hydroxylation is 1. The summed E-state index contributed by atoms with van der Waals surface area (Å²) in [6.45, 7) is 2.88. The lowest BCUT2D eigenvalue weighted by molar-refractivity contribution is -0.139. The van der Waals surface area contributed by atoms with Gasteiger partial charge in [0.25, 0.3) is 5.91 Å². The predicted octanol–water partition coefficient (Wildman–Crippen LogP) is 1.77. The van der Waals surface area contributed by atoms with Crippen LogP contribution in [0.2, 0.25) is 5.02 Å². The van der Waals surface area contributed by atoms with Crippen molar-refractivity contribution >= 4 is 23.5 Å². The van der Waals surface area contributed by atoms with Gasteiger partial charge in [0.1, 0.15) is 11.7 Å². The van der Waals surface area contributed by atoms with E-state index in [2.05, 4.69) is 5.32 Å². The number of nitrogens with zero attached hydrogens (tertiary/aromatic N) is 1. The first-order chi connectivity index (χ1) is 9.49. The van der Waals surface area contributed by atoms with Crippen molar-refractivity contribution in [3.05, 3.63) is 23.0 Å². The standard InChI is InChI=1S/C13H19ClN2O4/c1-3-5-16-8-9(14)7-11(16)12(17)15-10(13(18)19)4-6-20-2/h7-8,10H,3-6H2,1-2H3,(H,15,17)(H,18,19). The van der Waals surface area contributed by atoms with Crippen LogP contribution in [0.25, 0.3) is 0 Å². The number of amides is 1. The van der Waals surface area contributed by atoms with E-state index >= 15 is 0 Å². The molecule has 0 aromatic carbocycles. The van der Waals surface area contributed by atoms with E-state index in [0.717, 1.165) is 6.42 Å². The zero-order chi connectivity index (χ0) is 15.1. The SMILES string of the molecule is CCCn1cc(Cl)cc1C(=O)NC(CCOC)C(=O)O. The minimum absolute atomic E-state index is 0.208. The Morgan fingerprint density at radius 1 is 1.55 bits per heavy atom. The Bertz CT molecular complexity index is 473. The fourth-order valence-electron chi connectivity index (χ4n) is 1.82. The highest BCUT2D eigenvalue weighted by Crippen LogP contribution is 2.15. The summed E-state index contributed by atoms with van der Waals surface area (Å²) in [5, 5.41) is 12.0. The Kier molecular flexibility index (Phi) is 6.54. The summed E-state index contributed by atoms with van der Waals surface area (Å²) in [4.78, 5) is 23.2. The fourth-order valence-corrected chi connectivity index (χ4v) is 2.04. The summed E-state index contributed by atoms with van der Waals surface area (Å²) in [7, 11) is 1.48. The molecule has 0 saturated heterocycles. The second-order valence-electron chi connectivity index (χ2n) is 4.38. The molecule has 0 spiro atoms. The highest BCUT2D eigenvalue weighted by atomic mass is 35.5. The number of halogens is 1. The Morgan fingerprint density at radius 2 is 2.25 bits per heavy atom. The molecule has 0 saturated carbocycles. The third kappa shape index (κ3) is 4.54. The van der Waals surface area contributed by atoms with E-state index in [1.807, 2.05) is 6.92 Å². The first kappa shape index (κ1) is 16.5. The van der Waals surface area contributed by atoms with Crippen LogP contribution in [0.4, 0.5) is 0 Å². The van der Waals surface area contributed by atoms with Gasteiger partial charge in [-0.2, -0.15) is 0 Å². The van der Waals surface area contributed by atoms with E-state index in [1.54, 1.807) is 10.8 Å². The summed E-state index contributed by atoms with van der Waals surface area (Å²) in [5.74, 6) is -1.54. The molecule has 1 heterocycles. The van der Waals surface area contributed by atoms with Crippen LogP contribution < -0.4 is 5.32 Å². The van der Waals surface area contributed by atoms with E-state index in [9.17, 15) is 9.59 Å². The van der Waals surface area contributed by atoms with Gasteiger partial charge in [0.2, 0.25) is 0 Å². The molecule has 0 aliphatic carbocycles. The Hall–Kier alpha value is -1.53. The maximum Gasteiger partial charge on any atom is 0.326 e. The van der Waals surface area contributed by atoms with Crippen molar-refractivity contribution < 1.29 is 19.4 Å². The average molecular weight is 303 g/mol. The molecule has 1 amide bonds. The van der Waals surface area contributed by atoms with E-state index in [-0.39, 0.29) is 13.0 Å². The number of hydrogen-bond acceptors (Lipinski definition) is 3. The van der Waals surface area contributed by atoms with Crippen LogP contribution in [-0.4, -0.2) is 41.3 Å². The third-order valence-corrected chi connectivity index (χ3v) is 2.98. The van der Waals surface area contributed by atoms with Crippen LogP contribution in [-0.2, 0) is 16.1 Å². The molecule has 1 unspecified atom stereocenters. The molecule has 1 atom stereocenters. The van der Waals surface area contributed by atoms with Crippen molar-refractivity contribution in [3.63, 3.8) is 0 Å². The number of carbonyl (C=O) groups excluding carboxylic acids is 1. The van der Waals surface area contributed by atoms with Gasteiger partial charge in [-0.05, 0) is 12.5 Å². The summed E-state index contributed by atoms with van der Waals surface area (Å²) >= 11 is 5.89. The van der Waals surface area contributed by atoms with E-state index in [1.165, 1.54) is 13.2 Å². The number of carbonyl (C=O) groups is 2. The number of aromatic nitrogens is 1. The lowest BCUT2D eigenvalue weighted by Crippen LogP contribution is -2.42. The first-order valence-electron chi connectivity index (χ1n) is 6.37. The molecule has 20 heavy (non-hydrogen) atoms. The zero-order valence-electron chi connectivity index (χ0n) is 11.6. The Labute approximate surface area is 122 Å². The molecule has 112 valence electrons. The molecule has 6 nitrogen and oxygen atoms in total. The van der Waals surface area contributed by atoms with Crippen molar-refractivity contribution in [2.45, 2.75) is 32.4 Å². The van der Waals surface area contributed by atoms with Gasteiger partial charge in [0.15, 0.2) is 0 Å². The maximum atomic E-state index is 12.1. The number of carboxylic acids is 1. The first-order valence-corrected chi connectivity index (χ1v) is 6.75. The van der Waals surface area contributed by atoms with Crippen LogP contribution in [0, 0.1) is 0 Å². The van der Waals surface area contributed by atoms with Gasteiger partial charge in [-0.3, -0.25) is 4.79 Å². The van der Waals surface area contributed by atoms with Crippen LogP contribution in [0.15, 0.2) is 12.3 Å². The smallest absolute Gasteiger partial charge is 0.326 e. The topological polar surface area (TPSA) is 80.6 Å². The van der Waals surface area contributed by atoms with Gasteiger partial charge >= 0.3 is 5.97 Å². The predicted molar refractivity (Wildman–Crippen MR) is 75.1 cm³/mol. The number of methoxy groups -OCH3 is 1. The largest absolute Gasteiger partial charge is 0.480 e. The molecule has 0 radical (unpaired) electrons. The number of ether oxygens (including phenoxy) is 1. The van der Waals surface area contributed by atoms with Crippen LogP contribution in [0.5, 0.6) is 0 Å². The molecule has 1 aromatic heterocycles. The summed E-state index contributed by atoms with van der Waals surface area (Å²) < 4.78 is 6.55. The molecule has 1 aromatic rings. The van der Waals surface area contributed by atoms with Crippen LogP contribution in [0.3, 0.4) is 0 Å². The summed E-state index contributed by atoms with van der Waals surface area (Å²) in [6.07, 6.45) is 2.71. The molecule has 0 bridgehead atoms. The third-order valence-electron chi connectivity index (χ3n) is 2.77. The molecule has 7 heteroatoms. The van der Waals surface area contributed by atoms with Crippen molar-refractivity contribution in [1.82, 2.24) is 9.88 Å². The highest BCUT2D eigenvalue weighted by molar-refractivity contribution is 6.31. The Morgan fingerprint density at radius 3 is 2.80 bits per heavy atom. The van der Waals surface area contributed by atoms with E-state index in [4.69, 9.17) is 21.4 Å². The molecular weight excluding hydrogens is 284 g/mol. The zero-order valence-corrected chi connectivity index (χ0v) is 12.3. The lowest BCUT2D eigenvalue weighted by atomic mass is 10.2. The van der Waals surface area contributed by atoms with Gasteiger partial charge in [-0.1, -0.05) is 18.5 Å². The van der Waals surface area contributed by atoms with E-state index in [0.29, 0.717) is 17.3 Å². The molecule has 0 fully saturated rings. The molecule has 1 rings (SSSR count). The van der Waals surface area contributed by atoms with Crippen molar-refractivity contribution in [2.24, 2.45) is 0 Å². The van der Waals surface area contributed by atoms with Gasteiger partial charge in [-0.15, -0.1) is 0 Å². The Balaban J connectivity index is 2.80. The highest BCUT2D eigenvalue weighted by Gasteiger charge is 2.22. The summed E-state index contributed by atoms with van der Waals surface area (Å²) in [5.41, 5.74) is 0.362. The summed E-state index contributed by atoms with van der Waals surface area (Å²) in [6, 6.07) is 0.549. The van der Waals surface area contributed by atoms with Gasteiger partial charge < -0.3 is 19.7 Å². The van der Waals surface area contributed by atoms with E-state index < -0.39 is 17.9 Å². The quantitative estimate of drug-likeness (QED) is 0.767. The van der Waals surface area contributed by atoms with Gasteiger partial charge in [0, 0.05) is 32.9 Å². The molecular formula is C13H19ClN2O4. The lowest BCUT2D eigenvalue weighted by Gasteiger charge is -2.15. The fraction of sp³-hybridized carbons (Fsp3) is 0.538. The number of hydrogen-bond donors (Lipinski definition) is 2. The number of carboxylic acid groups (broad SMARTS) is 1. The van der Waals surface area contributed by atoms with Crippen LogP contribution >= 0.6 is 11.6 Å². The maximum absolute atomic E-state index is 12.1. The second-order valence-corrected chi connectivity index (χ2v) is 4.82. The van der Waals surface area contributed by atoms with Gasteiger partial charge in [0.05, 0.1) is 5.02 Å². The number of nitrogens with one attached hydrogen (secondary N) is 1. The number of rotatable bonds is 8. The van der Waals surface area contributed by atoms with Gasteiger partial charge in [-0.25, -0.2) is 4.79 Å². The minimum atomic E-state index is -1.09. The second kappa shape index (κ2) is 7.91. The van der Waals surface area contributed by atoms with Crippen molar-refractivity contribution in [1.29, 1.82) is 0 Å². The normalized spacial score (nSPS) is 12.2. The average Bonchev–Trinajstić information content (AvgIpc) is 2.75. The van der Waals surface area contributed by atoms with Crippen LogP contribution in [0.1, 0.15) is 30.3 Å². The van der Waals surface area contributed by atoms with Crippen molar-refractivity contribution in [3.8, 4) is 0 Å². The van der Waals surface area contributed by atoms with Crippen molar-refractivity contribution in [2.75, 3.05) is 13.7 Å². The molecule has 0 aliphatic heterocycles. The molecule has 0 aliphatic rings.